The van der Waals surface area contributed by atoms with Crippen molar-refractivity contribution in [3.05, 3.63) is 59.4 Å². The monoisotopic (exact) mass is 452 g/mol. The predicted octanol–water partition coefficient (Wildman–Crippen LogP) is 5.58. The molecule has 2 aromatic carbocycles. The average molecular weight is 453 g/mol. The van der Waals surface area contributed by atoms with Crippen LogP contribution in [0.3, 0.4) is 0 Å². The molecule has 1 aliphatic heterocycles. The number of rotatable bonds is 6. The summed E-state index contributed by atoms with van der Waals surface area (Å²) in [6.07, 6.45) is 2.05. The van der Waals surface area contributed by atoms with Crippen molar-refractivity contribution in [1.82, 2.24) is 15.2 Å². The number of aryl methyl sites for hydroxylation is 1. The smallest absolute Gasteiger partial charge is 0.247 e. The molecule has 166 valence electrons. The summed E-state index contributed by atoms with van der Waals surface area (Å²) >= 11 is 1.51. The Morgan fingerprint density at radius 1 is 1.19 bits per heavy atom. The first-order valence-corrected chi connectivity index (χ1v) is 11.7. The van der Waals surface area contributed by atoms with Crippen LogP contribution in [-0.2, 0) is 11.2 Å². The number of unbranched alkanes of at least 4 members (excludes halogenated alkanes) is 1. The van der Waals surface area contributed by atoms with Gasteiger partial charge in [0.2, 0.25) is 23.2 Å². The molecule has 1 aromatic heterocycles. The molecule has 0 fully saturated rings. The van der Waals surface area contributed by atoms with Crippen LogP contribution in [0.2, 0.25) is 0 Å². The standard InChI is InChI=1S/C24H25FN4O2S/c1-4-6-12-32-24-26-22-21(27-28-24)19-13-16(5-2)10-11-20(19)29(15(3)30)23(31-22)17-8-7-9-18(25)14-17/h7-11,13-14,23H,4-6,12H2,1-3H3/t23-/m1/s1. The summed E-state index contributed by atoms with van der Waals surface area (Å²) in [6.45, 7) is 5.65. The molecule has 2 heterocycles. The van der Waals surface area contributed by atoms with Gasteiger partial charge in [-0.3, -0.25) is 9.69 Å². The molecule has 0 bridgehead atoms. The normalized spacial score (nSPS) is 14.9. The molecule has 6 nitrogen and oxygen atoms in total. The minimum Gasteiger partial charge on any atom is -0.447 e. The molecule has 4 rings (SSSR count). The summed E-state index contributed by atoms with van der Waals surface area (Å²) in [7, 11) is 0. The number of nitrogens with zero attached hydrogens (tertiary/aromatic N) is 4. The lowest BCUT2D eigenvalue weighted by Gasteiger charge is -2.30. The third-order valence-electron chi connectivity index (χ3n) is 5.28. The quantitative estimate of drug-likeness (QED) is 0.359. The van der Waals surface area contributed by atoms with Crippen LogP contribution in [0.4, 0.5) is 10.1 Å². The number of hydrogen-bond donors (Lipinski definition) is 0. The molecule has 0 radical (unpaired) electrons. The van der Waals surface area contributed by atoms with Gasteiger partial charge in [0, 0.05) is 23.8 Å². The largest absolute Gasteiger partial charge is 0.447 e. The fourth-order valence-electron chi connectivity index (χ4n) is 3.62. The van der Waals surface area contributed by atoms with Gasteiger partial charge in [-0.15, -0.1) is 10.2 Å². The van der Waals surface area contributed by atoms with Gasteiger partial charge in [-0.25, -0.2) is 4.39 Å². The van der Waals surface area contributed by atoms with E-state index in [0.717, 1.165) is 36.1 Å². The second-order valence-corrected chi connectivity index (χ2v) is 8.63. The number of hydrogen-bond acceptors (Lipinski definition) is 6. The lowest BCUT2D eigenvalue weighted by molar-refractivity contribution is -0.118. The molecule has 0 saturated heterocycles. The first kappa shape index (κ1) is 22.2. The van der Waals surface area contributed by atoms with Gasteiger partial charge in [0.15, 0.2) is 5.69 Å². The number of fused-ring (bicyclic) bond motifs is 3. The van der Waals surface area contributed by atoms with Gasteiger partial charge in [-0.05, 0) is 42.7 Å². The number of carbonyl (C=O) groups excluding carboxylic acids is 1. The molecule has 8 heteroatoms. The van der Waals surface area contributed by atoms with Crippen molar-refractivity contribution in [1.29, 1.82) is 0 Å². The lowest BCUT2D eigenvalue weighted by Crippen LogP contribution is -2.36. The molecule has 0 saturated carbocycles. The predicted molar refractivity (Wildman–Crippen MR) is 123 cm³/mol. The number of aromatic nitrogens is 3. The summed E-state index contributed by atoms with van der Waals surface area (Å²) < 4.78 is 20.4. The van der Waals surface area contributed by atoms with E-state index in [1.165, 1.54) is 35.7 Å². The number of amides is 1. The maximum absolute atomic E-state index is 14.1. The van der Waals surface area contributed by atoms with Gasteiger partial charge >= 0.3 is 0 Å². The molecule has 1 atom stereocenters. The highest BCUT2D eigenvalue weighted by Gasteiger charge is 2.35. The highest BCUT2D eigenvalue weighted by atomic mass is 32.2. The van der Waals surface area contributed by atoms with Crippen molar-refractivity contribution in [2.24, 2.45) is 0 Å². The van der Waals surface area contributed by atoms with Crippen LogP contribution in [0.1, 0.15) is 51.0 Å². The van der Waals surface area contributed by atoms with E-state index in [1.807, 2.05) is 18.2 Å². The maximum Gasteiger partial charge on any atom is 0.247 e. The molecule has 3 aromatic rings. The Hall–Kier alpha value is -3.00. The Labute approximate surface area is 191 Å². The number of ether oxygens (including phenoxy) is 1. The third-order valence-corrected chi connectivity index (χ3v) is 6.20. The molecule has 0 unspecified atom stereocenters. The van der Waals surface area contributed by atoms with Gasteiger partial charge in [0.25, 0.3) is 0 Å². The van der Waals surface area contributed by atoms with Gasteiger partial charge in [-0.1, -0.05) is 50.2 Å². The Bertz CT molecular complexity index is 1140. The van der Waals surface area contributed by atoms with E-state index in [0.29, 0.717) is 22.1 Å². The summed E-state index contributed by atoms with van der Waals surface area (Å²) in [6, 6.07) is 11.9. The van der Waals surface area contributed by atoms with Crippen molar-refractivity contribution in [3.8, 4) is 17.1 Å². The third kappa shape index (κ3) is 4.46. The Morgan fingerprint density at radius 3 is 2.75 bits per heavy atom. The molecule has 1 aliphatic rings. The summed E-state index contributed by atoms with van der Waals surface area (Å²) in [5.41, 5.74) is 3.42. The molecule has 32 heavy (non-hydrogen) atoms. The SMILES string of the molecule is CCCCSc1nnc2c(n1)O[C@H](c1cccc(F)c1)N(C(C)=O)c1ccc(CC)cc1-2. The molecule has 0 spiro atoms. The van der Waals surface area contributed by atoms with Crippen LogP contribution in [-0.4, -0.2) is 26.8 Å². The van der Waals surface area contributed by atoms with Crippen LogP contribution < -0.4 is 9.64 Å². The van der Waals surface area contributed by atoms with Crippen molar-refractivity contribution in [2.75, 3.05) is 10.7 Å². The van der Waals surface area contributed by atoms with Crippen LogP contribution in [0, 0.1) is 5.82 Å². The number of benzene rings is 2. The number of halogens is 1. The zero-order valence-electron chi connectivity index (χ0n) is 18.3. The minimum atomic E-state index is -0.888. The molecule has 1 amide bonds. The van der Waals surface area contributed by atoms with E-state index in [1.54, 1.807) is 12.1 Å². The first-order valence-electron chi connectivity index (χ1n) is 10.7. The highest BCUT2D eigenvalue weighted by molar-refractivity contribution is 7.99. The number of anilines is 1. The molecular weight excluding hydrogens is 427 g/mol. The maximum atomic E-state index is 14.1. The van der Waals surface area contributed by atoms with Crippen LogP contribution >= 0.6 is 11.8 Å². The summed E-state index contributed by atoms with van der Waals surface area (Å²) in [5.74, 6) is 0.521. The topological polar surface area (TPSA) is 68.2 Å². The van der Waals surface area contributed by atoms with E-state index >= 15 is 0 Å². The van der Waals surface area contributed by atoms with E-state index in [4.69, 9.17) is 4.74 Å². The second kappa shape index (κ2) is 9.65. The lowest BCUT2D eigenvalue weighted by atomic mass is 10.0. The van der Waals surface area contributed by atoms with Crippen LogP contribution in [0.5, 0.6) is 5.88 Å². The fraction of sp³-hybridized carbons (Fsp3) is 0.333. The van der Waals surface area contributed by atoms with Crippen molar-refractivity contribution >= 4 is 23.4 Å². The zero-order chi connectivity index (χ0) is 22.7. The molecule has 0 aliphatic carbocycles. The van der Waals surface area contributed by atoms with Crippen molar-refractivity contribution < 1.29 is 13.9 Å². The van der Waals surface area contributed by atoms with Crippen molar-refractivity contribution in [3.63, 3.8) is 0 Å². The minimum absolute atomic E-state index is 0.233. The van der Waals surface area contributed by atoms with Gasteiger partial charge in [0.05, 0.1) is 5.69 Å². The Morgan fingerprint density at radius 2 is 2.03 bits per heavy atom. The highest BCUT2D eigenvalue weighted by Crippen LogP contribution is 2.44. The van der Waals surface area contributed by atoms with Crippen LogP contribution in [0.15, 0.2) is 47.6 Å². The zero-order valence-corrected chi connectivity index (χ0v) is 19.2. The van der Waals surface area contributed by atoms with Gasteiger partial charge in [0.1, 0.15) is 5.82 Å². The summed E-state index contributed by atoms with van der Waals surface area (Å²) in [5, 5.41) is 9.26. The van der Waals surface area contributed by atoms with E-state index in [2.05, 4.69) is 29.0 Å². The average Bonchev–Trinajstić information content (AvgIpc) is 2.93. The van der Waals surface area contributed by atoms with E-state index < -0.39 is 12.0 Å². The van der Waals surface area contributed by atoms with Crippen molar-refractivity contribution in [2.45, 2.75) is 51.4 Å². The first-order chi connectivity index (χ1) is 15.5. The fourth-order valence-corrected chi connectivity index (χ4v) is 4.48. The van der Waals surface area contributed by atoms with E-state index in [9.17, 15) is 9.18 Å². The second-order valence-electron chi connectivity index (χ2n) is 7.57. The summed E-state index contributed by atoms with van der Waals surface area (Å²) in [4.78, 5) is 19.0. The van der Waals surface area contributed by atoms with Gasteiger partial charge in [-0.2, -0.15) is 4.98 Å². The Kier molecular flexibility index (Phi) is 6.69. The van der Waals surface area contributed by atoms with Crippen LogP contribution in [0.25, 0.3) is 11.3 Å². The number of thioether (sulfide) groups is 1. The number of carbonyl (C=O) groups is 1. The molecular formula is C24H25FN4O2S. The molecule has 0 N–H and O–H groups in total. The van der Waals surface area contributed by atoms with Gasteiger partial charge < -0.3 is 4.74 Å². The Balaban J connectivity index is 1.90. The van der Waals surface area contributed by atoms with E-state index in [-0.39, 0.29) is 11.8 Å².